The van der Waals surface area contributed by atoms with E-state index in [4.69, 9.17) is 4.74 Å². The Bertz CT molecular complexity index is 803. The topological polar surface area (TPSA) is 32.8 Å². The van der Waals surface area contributed by atoms with Crippen LogP contribution in [0.3, 0.4) is 0 Å². The summed E-state index contributed by atoms with van der Waals surface area (Å²) >= 11 is 0. The van der Waals surface area contributed by atoms with Crippen LogP contribution < -0.4 is 4.90 Å². The standard InChI is InChI=1S/C26H34N2O2/c1-2-30-26(29)25-15-7-8-18-27(25)19-9-10-20-28-23-13-5-3-11-21(23)16-17-22-12-4-6-14-24(22)28/h3-6,11-14,25H,2,7-10,15-20H2,1H3/t25-/m1/s1. The van der Waals surface area contributed by atoms with Gasteiger partial charge in [-0.25, -0.2) is 0 Å². The van der Waals surface area contributed by atoms with Gasteiger partial charge in [-0.05, 0) is 81.8 Å². The van der Waals surface area contributed by atoms with Crippen LogP contribution in [0.15, 0.2) is 48.5 Å². The summed E-state index contributed by atoms with van der Waals surface area (Å²) in [6.45, 7) is 5.35. The number of carbonyl (C=O) groups is 1. The number of nitrogens with zero attached hydrogens (tertiary/aromatic N) is 2. The minimum atomic E-state index is -0.0432. The van der Waals surface area contributed by atoms with Crippen LogP contribution in [0.5, 0.6) is 0 Å². The molecule has 2 aromatic carbocycles. The van der Waals surface area contributed by atoms with Crippen LogP contribution >= 0.6 is 0 Å². The molecule has 0 saturated carbocycles. The second-order valence-corrected chi connectivity index (χ2v) is 8.42. The van der Waals surface area contributed by atoms with E-state index in [2.05, 4.69) is 58.3 Å². The van der Waals surface area contributed by atoms with Crippen LogP contribution in [0.25, 0.3) is 0 Å². The maximum Gasteiger partial charge on any atom is 0.323 e. The van der Waals surface area contributed by atoms with Crippen molar-refractivity contribution in [2.75, 3.05) is 31.1 Å². The molecule has 30 heavy (non-hydrogen) atoms. The molecule has 0 N–H and O–H groups in total. The third-order valence-corrected chi connectivity index (χ3v) is 6.48. The van der Waals surface area contributed by atoms with Crippen molar-refractivity contribution in [3.05, 3.63) is 59.7 Å². The maximum atomic E-state index is 12.3. The van der Waals surface area contributed by atoms with E-state index in [0.29, 0.717) is 6.61 Å². The molecule has 0 spiro atoms. The minimum absolute atomic E-state index is 0.0347. The summed E-state index contributed by atoms with van der Waals surface area (Å²) in [4.78, 5) is 17.2. The number of rotatable bonds is 7. The smallest absolute Gasteiger partial charge is 0.323 e. The van der Waals surface area contributed by atoms with Gasteiger partial charge < -0.3 is 9.64 Å². The number of unbranched alkanes of at least 4 members (excludes halogenated alkanes) is 1. The first-order valence-corrected chi connectivity index (χ1v) is 11.6. The lowest BCUT2D eigenvalue weighted by molar-refractivity contribution is -0.150. The second-order valence-electron chi connectivity index (χ2n) is 8.42. The van der Waals surface area contributed by atoms with E-state index in [1.807, 2.05) is 6.92 Å². The summed E-state index contributed by atoms with van der Waals surface area (Å²) in [5.41, 5.74) is 5.58. The van der Waals surface area contributed by atoms with Gasteiger partial charge in [0.05, 0.1) is 6.61 Å². The van der Waals surface area contributed by atoms with Crippen LogP contribution in [0.1, 0.15) is 50.2 Å². The summed E-state index contributed by atoms with van der Waals surface area (Å²) in [6, 6.07) is 17.6. The number of likely N-dealkylation sites (tertiary alicyclic amines) is 1. The lowest BCUT2D eigenvalue weighted by atomic mass is 10.0. The molecular formula is C26H34N2O2. The van der Waals surface area contributed by atoms with Crippen molar-refractivity contribution in [2.45, 2.75) is 57.9 Å². The van der Waals surface area contributed by atoms with Gasteiger partial charge in [0.1, 0.15) is 6.04 Å². The maximum absolute atomic E-state index is 12.3. The lowest BCUT2D eigenvalue weighted by Crippen LogP contribution is -2.45. The number of piperidine rings is 1. The highest BCUT2D eigenvalue weighted by Crippen LogP contribution is 2.36. The molecule has 160 valence electrons. The quantitative estimate of drug-likeness (QED) is 0.472. The van der Waals surface area contributed by atoms with E-state index in [9.17, 15) is 4.79 Å². The van der Waals surface area contributed by atoms with Gasteiger partial charge in [-0.2, -0.15) is 0 Å². The zero-order valence-electron chi connectivity index (χ0n) is 18.2. The molecule has 2 aromatic rings. The molecule has 0 bridgehead atoms. The largest absolute Gasteiger partial charge is 0.465 e. The molecule has 0 amide bonds. The van der Waals surface area contributed by atoms with Crippen molar-refractivity contribution in [3.63, 3.8) is 0 Å². The number of benzene rings is 2. The third-order valence-electron chi connectivity index (χ3n) is 6.48. The van der Waals surface area contributed by atoms with Gasteiger partial charge in [0.2, 0.25) is 0 Å². The average molecular weight is 407 g/mol. The average Bonchev–Trinajstić information content (AvgIpc) is 2.94. The number of aryl methyl sites for hydroxylation is 2. The SMILES string of the molecule is CCOC(=O)[C@H]1CCCCN1CCCCN1c2ccccc2CCc2ccccc21. The molecular weight excluding hydrogens is 372 g/mol. The Morgan fingerprint density at radius 2 is 1.57 bits per heavy atom. The van der Waals surface area contributed by atoms with Crippen molar-refractivity contribution in [3.8, 4) is 0 Å². The van der Waals surface area contributed by atoms with Gasteiger partial charge in [0, 0.05) is 17.9 Å². The molecule has 1 fully saturated rings. The number of hydrogen-bond acceptors (Lipinski definition) is 4. The van der Waals surface area contributed by atoms with Gasteiger partial charge >= 0.3 is 5.97 Å². The summed E-state index contributed by atoms with van der Waals surface area (Å²) in [7, 11) is 0. The Morgan fingerprint density at radius 1 is 0.933 bits per heavy atom. The van der Waals surface area contributed by atoms with Crippen LogP contribution in [-0.4, -0.2) is 43.2 Å². The number of ether oxygens (including phenoxy) is 1. The Labute approximate surface area is 180 Å². The first-order chi connectivity index (χ1) is 14.8. The molecule has 1 saturated heterocycles. The van der Waals surface area contributed by atoms with E-state index in [-0.39, 0.29) is 12.0 Å². The van der Waals surface area contributed by atoms with Gasteiger partial charge in [-0.15, -0.1) is 0 Å². The fourth-order valence-corrected chi connectivity index (χ4v) is 4.96. The molecule has 2 heterocycles. The van der Waals surface area contributed by atoms with Gasteiger partial charge in [-0.1, -0.05) is 42.8 Å². The van der Waals surface area contributed by atoms with E-state index in [0.717, 1.165) is 58.2 Å². The first kappa shape index (κ1) is 20.9. The Morgan fingerprint density at radius 3 is 2.23 bits per heavy atom. The predicted molar refractivity (Wildman–Crippen MR) is 122 cm³/mol. The molecule has 2 aliphatic rings. The summed E-state index contributed by atoms with van der Waals surface area (Å²) in [5, 5.41) is 0. The molecule has 1 atom stereocenters. The van der Waals surface area contributed by atoms with Gasteiger partial charge in [-0.3, -0.25) is 9.69 Å². The number of esters is 1. The summed E-state index contributed by atoms with van der Waals surface area (Å²) < 4.78 is 5.32. The first-order valence-electron chi connectivity index (χ1n) is 11.6. The zero-order valence-corrected chi connectivity index (χ0v) is 18.2. The molecule has 4 nitrogen and oxygen atoms in total. The van der Waals surface area contributed by atoms with E-state index in [1.54, 1.807) is 0 Å². The highest BCUT2D eigenvalue weighted by molar-refractivity contribution is 5.76. The molecule has 0 unspecified atom stereocenters. The highest BCUT2D eigenvalue weighted by atomic mass is 16.5. The second kappa shape index (κ2) is 10.1. The molecule has 0 aliphatic carbocycles. The number of hydrogen-bond donors (Lipinski definition) is 0. The van der Waals surface area contributed by atoms with Crippen LogP contribution in [0.2, 0.25) is 0 Å². The molecule has 4 heteroatoms. The molecule has 4 rings (SSSR count). The fourth-order valence-electron chi connectivity index (χ4n) is 4.96. The van der Waals surface area contributed by atoms with E-state index >= 15 is 0 Å². The van der Waals surface area contributed by atoms with Gasteiger partial charge in [0.15, 0.2) is 0 Å². The third kappa shape index (κ3) is 4.70. The van der Waals surface area contributed by atoms with Crippen molar-refractivity contribution in [1.29, 1.82) is 0 Å². The van der Waals surface area contributed by atoms with Crippen molar-refractivity contribution < 1.29 is 9.53 Å². The van der Waals surface area contributed by atoms with Gasteiger partial charge in [0.25, 0.3) is 0 Å². The number of para-hydroxylation sites is 2. The number of anilines is 2. The molecule has 0 radical (unpaired) electrons. The predicted octanol–water partition coefficient (Wildman–Crippen LogP) is 5.12. The van der Waals surface area contributed by atoms with Crippen LogP contribution in [0, 0.1) is 0 Å². The Balaban J connectivity index is 1.41. The number of carbonyl (C=O) groups excluding carboxylic acids is 1. The zero-order chi connectivity index (χ0) is 20.8. The molecule has 0 aromatic heterocycles. The minimum Gasteiger partial charge on any atom is -0.465 e. The highest BCUT2D eigenvalue weighted by Gasteiger charge is 2.29. The summed E-state index contributed by atoms with van der Waals surface area (Å²) in [6.07, 6.45) is 7.64. The fraction of sp³-hybridized carbons (Fsp3) is 0.500. The van der Waals surface area contributed by atoms with Crippen molar-refractivity contribution >= 4 is 17.3 Å². The lowest BCUT2D eigenvalue weighted by Gasteiger charge is -2.34. The Hall–Kier alpha value is -2.33. The normalized spacial score (nSPS) is 19.0. The van der Waals surface area contributed by atoms with Crippen molar-refractivity contribution in [1.82, 2.24) is 4.90 Å². The van der Waals surface area contributed by atoms with Crippen LogP contribution in [0.4, 0.5) is 11.4 Å². The Kier molecular flexibility index (Phi) is 7.06. The monoisotopic (exact) mass is 406 g/mol. The number of fused-ring (bicyclic) bond motifs is 2. The van der Waals surface area contributed by atoms with Crippen molar-refractivity contribution in [2.24, 2.45) is 0 Å². The van der Waals surface area contributed by atoms with Crippen LogP contribution in [-0.2, 0) is 22.4 Å². The molecule has 2 aliphatic heterocycles. The summed E-state index contributed by atoms with van der Waals surface area (Å²) in [5.74, 6) is -0.0347. The van der Waals surface area contributed by atoms with E-state index in [1.165, 1.54) is 28.9 Å². The van der Waals surface area contributed by atoms with E-state index < -0.39 is 0 Å².